The van der Waals surface area contributed by atoms with Gasteiger partial charge in [-0.15, -0.1) is 0 Å². The van der Waals surface area contributed by atoms with E-state index in [0.717, 1.165) is 5.56 Å². The highest BCUT2D eigenvalue weighted by Gasteiger charge is 2.27. The fraction of sp³-hybridized carbons (Fsp3) is 0.417. The number of aliphatic carboxylic acids is 1. The van der Waals surface area contributed by atoms with Gasteiger partial charge in [-0.25, -0.2) is 0 Å². The molecule has 3 unspecified atom stereocenters. The number of hydrogen-bond donors (Lipinski definition) is 1. The highest BCUT2D eigenvalue weighted by Crippen LogP contribution is 2.23. The average molecular weight is 240 g/mol. The van der Waals surface area contributed by atoms with E-state index >= 15 is 0 Å². The lowest BCUT2D eigenvalue weighted by Gasteiger charge is -2.16. The number of carboxylic acid groups (broad SMARTS) is 1. The van der Waals surface area contributed by atoms with Crippen LogP contribution in [0.3, 0.4) is 0 Å². The summed E-state index contributed by atoms with van der Waals surface area (Å²) in [7, 11) is -1.38. The molecule has 1 N–H and O–H groups in total. The van der Waals surface area contributed by atoms with E-state index in [2.05, 4.69) is 0 Å². The molecular formula is C12H16O3S. The van der Waals surface area contributed by atoms with Crippen LogP contribution in [0.4, 0.5) is 0 Å². The minimum atomic E-state index is -1.38. The smallest absolute Gasteiger partial charge is 0.319 e. The van der Waals surface area contributed by atoms with Crippen molar-refractivity contribution in [1.29, 1.82) is 0 Å². The molecule has 0 saturated heterocycles. The van der Waals surface area contributed by atoms with E-state index in [4.69, 9.17) is 5.11 Å². The standard InChI is InChI=1S/C12H16O3S/c1-3-11(12(13)14)16(15)9(2)10-7-5-4-6-8-10/h4-9,11H,3H2,1-2H3,(H,13,14). The van der Waals surface area contributed by atoms with Crippen molar-refractivity contribution < 1.29 is 14.1 Å². The summed E-state index contributed by atoms with van der Waals surface area (Å²) >= 11 is 0. The molecule has 0 amide bonds. The maximum absolute atomic E-state index is 12.0. The number of benzene rings is 1. The molecule has 4 heteroatoms. The van der Waals surface area contributed by atoms with E-state index in [1.54, 1.807) is 13.8 Å². The Bertz CT molecular complexity index is 375. The van der Waals surface area contributed by atoms with Gasteiger partial charge in [0.15, 0.2) is 0 Å². The molecule has 0 fully saturated rings. The van der Waals surface area contributed by atoms with Gasteiger partial charge < -0.3 is 5.11 Å². The Balaban J connectivity index is 2.86. The van der Waals surface area contributed by atoms with E-state index in [1.807, 2.05) is 30.3 Å². The average Bonchev–Trinajstić information content (AvgIpc) is 2.29. The molecule has 0 heterocycles. The van der Waals surface area contributed by atoms with Crippen LogP contribution < -0.4 is 0 Å². The van der Waals surface area contributed by atoms with Gasteiger partial charge in [-0.3, -0.25) is 9.00 Å². The van der Waals surface area contributed by atoms with Crippen LogP contribution in [-0.2, 0) is 15.6 Å². The SMILES string of the molecule is CCC(C(=O)O)S(=O)C(C)c1ccccc1. The van der Waals surface area contributed by atoms with Crippen LogP contribution >= 0.6 is 0 Å². The highest BCUT2D eigenvalue weighted by molar-refractivity contribution is 7.86. The molecule has 0 aliphatic heterocycles. The third-order valence-electron chi connectivity index (χ3n) is 2.54. The van der Waals surface area contributed by atoms with Crippen molar-refractivity contribution in [3.63, 3.8) is 0 Å². The van der Waals surface area contributed by atoms with E-state index in [0.29, 0.717) is 6.42 Å². The molecule has 0 aliphatic carbocycles. The summed E-state index contributed by atoms with van der Waals surface area (Å²) < 4.78 is 12.0. The molecule has 3 atom stereocenters. The molecule has 0 spiro atoms. The second-order valence-corrected chi connectivity index (χ2v) is 5.55. The highest BCUT2D eigenvalue weighted by atomic mass is 32.2. The van der Waals surface area contributed by atoms with Gasteiger partial charge in [-0.1, -0.05) is 37.3 Å². The summed E-state index contributed by atoms with van der Waals surface area (Å²) in [4.78, 5) is 10.9. The molecular weight excluding hydrogens is 224 g/mol. The molecule has 0 saturated carbocycles. The van der Waals surface area contributed by atoms with Crippen LogP contribution in [-0.4, -0.2) is 20.5 Å². The molecule has 0 aromatic heterocycles. The monoisotopic (exact) mass is 240 g/mol. The first-order valence-electron chi connectivity index (χ1n) is 5.25. The van der Waals surface area contributed by atoms with Crippen LogP contribution in [0.5, 0.6) is 0 Å². The van der Waals surface area contributed by atoms with Crippen LogP contribution in [0.1, 0.15) is 31.1 Å². The Morgan fingerprint density at radius 1 is 1.38 bits per heavy atom. The first-order chi connectivity index (χ1) is 7.57. The van der Waals surface area contributed by atoms with Crippen LogP contribution in [0.15, 0.2) is 30.3 Å². The largest absolute Gasteiger partial charge is 0.480 e. The first kappa shape index (κ1) is 12.9. The van der Waals surface area contributed by atoms with Gasteiger partial charge in [0.1, 0.15) is 5.25 Å². The van der Waals surface area contributed by atoms with E-state index in [9.17, 15) is 9.00 Å². The maximum Gasteiger partial charge on any atom is 0.319 e. The second-order valence-electron chi connectivity index (χ2n) is 3.62. The quantitative estimate of drug-likeness (QED) is 0.859. The summed E-state index contributed by atoms with van der Waals surface area (Å²) in [5.41, 5.74) is 0.917. The van der Waals surface area contributed by atoms with Gasteiger partial charge in [0, 0.05) is 10.8 Å². The molecule has 88 valence electrons. The van der Waals surface area contributed by atoms with Gasteiger partial charge in [-0.05, 0) is 18.9 Å². The van der Waals surface area contributed by atoms with Crippen molar-refractivity contribution in [2.75, 3.05) is 0 Å². The number of hydrogen-bond acceptors (Lipinski definition) is 2. The molecule has 16 heavy (non-hydrogen) atoms. The Morgan fingerprint density at radius 2 is 1.94 bits per heavy atom. The van der Waals surface area contributed by atoms with Crippen molar-refractivity contribution >= 4 is 16.8 Å². The Labute approximate surface area is 98.0 Å². The molecule has 0 radical (unpaired) electrons. The summed E-state index contributed by atoms with van der Waals surface area (Å²) in [6, 6.07) is 9.36. The van der Waals surface area contributed by atoms with Crippen molar-refractivity contribution in [3.8, 4) is 0 Å². The van der Waals surface area contributed by atoms with Gasteiger partial charge >= 0.3 is 5.97 Å². The van der Waals surface area contributed by atoms with Crippen LogP contribution in [0.2, 0.25) is 0 Å². The van der Waals surface area contributed by atoms with E-state index < -0.39 is 22.0 Å². The van der Waals surface area contributed by atoms with E-state index in [-0.39, 0.29) is 5.25 Å². The van der Waals surface area contributed by atoms with Gasteiger partial charge in [0.25, 0.3) is 0 Å². The summed E-state index contributed by atoms with van der Waals surface area (Å²) in [5, 5.41) is 7.92. The Kier molecular flexibility index (Phi) is 4.68. The van der Waals surface area contributed by atoms with Crippen molar-refractivity contribution in [1.82, 2.24) is 0 Å². The van der Waals surface area contributed by atoms with E-state index in [1.165, 1.54) is 0 Å². The van der Waals surface area contributed by atoms with Gasteiger partial charge in [0.2, 0.25) is 0 Å². The molecule has 0 aliphatic rings. The zero-order valence-corrected chi connectivity index (χ0v) is 10.2. The molecule has 0 bridgehead atoms. The Hall–Kier alpha value is -1.16. The lowest BCUT2D eigenvalue weighted by Crippen LogP contribution is -2.27. The lowest BCUT2D eigenvalue weighted by atomic mass is 10.2. The zero-order valence-electron chi connectivity index (χ0n) is 9.42. The van der Waals surface area contributed by atoms with Crippen molar-refractivity contribution in [2.24, 2.45) is 0 Å². The van der Waals surface area contributed by atoms with Crippen LogP contribution in [0.25, 0.3) is 0 Å². The van der Waals surface area contributed by atoms with Crippen molar-refractivity contribution in [2.45, 2.75) is 30.8 Å². The lowest BCUT2D eigenvalue weighted by molar-refractivity contribution is -0.136. The number of rotatable bonds is 5. The number of carbonyl (C=O) groups is 1. The van der Waals surface area contributed by atoms with Crippen molar-refractivity contribution in [3.05, 3.63) is 35.9 Å². The predicted octanol–water partition coefficient (Wildman–Crippen LogP) is 2.36. The summed E-state index contributed by atoms with van der Waals surface area (Å²) in [5.74, 6) is -0.983. The van der Waals surface area contributed by atoms with Gasteiger partial charge in [-0.2, -0.15) is 0 Å². The topological polar surface area (TPSA) is 54.4 Å². The molecule has 1 aromatic carbocycles. The van der Waals surface area contributed by atoms with Gasteiger partial charge in [0.05, 0.1) is 5.25 Å². The molecule has 3 nitrogen and oxygen atoms in total. The molecule has 1 aromatic rings. The minimum absolute atomic E-state index is 0.248. The predicted molar refractivity (Wildman–Crippen MR) is 64.7 cm³/mol. The fourth-order valence-electron chi connectivity index (χ4n) is 1.54. The molecule has 1 rings (SSSR count). The Morgan fingerprint density at radius 3 is 2.38 bits per heavy atom. The maximum atomic E-state index is 12.0. The normalized spacial score (nSPS) is 16.4. The number of carboxylic acids is 1. The second kappa shape index (κ2) is 5.80. The fourth-order valence-corrected chi connectivity index (χ4v) is 2.99. The first-order valence-corrected chi connectivity index (χ1v) is 6.52. The third kappa shape index (κ3) is 2.92. The summed E-state index contributed by atoms with van der Waals surface area (Å²) in [6.45, 7) is 3.55. The minimum Gasteiger partial charge on any atom is -0.480 e. The third-order valence-corrected chi connectivity index (χ3v) is 4.61. The zero-order chi connectivity index (χ0) is 12.1. The summed E-state index contributed by atoms with van der Waals surface area (Å²) in [6.07, 6.45) is 0.388. The van der Waals surface area contributed by atoms with Crippen LogP contribution in [0, 0.1) is 0 Å².